The molecule has 1 aromatic carbocycles. The number of likely N-dealkylation sites (N-methyl/N-ethyl adjacent to an activating group) is 1. The molecule has 0 bridgehead atoms. The molecule has 0 aliphatic rings. The van der Waals surface area contributed by atoms with E-state index in [1.807, 2.05) is 18.8 Å². The van der Waals surface area contributed by atoms with E-state index in [4.69, 9.17) is 0 Å². The highest BCUT2D eigenvalue weighted by atomic mass is 32.2. The Morgan fingerprint density at radius 1 is 1.35 bits per heavy atom. The summed E-state index contributed by atoms with van der Waals surface area (Å²) in [6.45, 7) is 6.53. The molecule has 0 fully saturated rings. The Kier molecular flexibility index (Phi) is 5.50. The lowest BCUT2D eigenvalue weighted by atomic mass is 9.97. The lowest BCUT2D eigenvalue weighted by molar-refractivity contribution is 0.174. The van der Waals surface area contributed by atoms with Crippen LogP contribution in [-0.4, -0.2) is 29.5 Å². The summed E-state index contributed by atoms with van der Waals surface area (Å²) in [4.78, 5) is 1.29. The second kappa shape index (κ2) is 6.43. The smallest absolute Gasteiger partial charge is 0.0610 e. The van der Waals surface area contributed by atoms with E-state index in [1.165, 1.54) is 10.5 Å². The van der Waals surface area contributed by atoms with Crippen LogP contribution in [0.1, 0.15) is 25.8 Å². The van der Waals surface area contributed by atoms with Crippen LogP contribution < -0.4 is 5.32 Å². The van der Waals surface area contributed by atoms with E-state index in [0.717, 1.165) is 6.42 Å². The van der Waals surface area contributed by atoms with Gasteiger partial charge in [-0.05, 0) is 39.4 Å². The molecule has 2 N–H and O–H groups in total. The normalized spacial score (nSPS) is 16.5. The fraction of sp³-hybridized carbons (Fsp3) is 0.571. The van der Waals surface area contributed by atoms with Gasteiger partial charge in [0.1, 0.15) is 0 Å². The van der Waals surface area contributed by atoms with E-state index in [0.29, 0.717) is 5.25 Å². The molecule has 17 heavy (non-hydrogen) atoms. The molecule has 0 heterocycles. The summed E-state index contributed by atoms with van der Waals surface area (Å²) in [5.74, 6) is 0. The van der Waals surface area contributed by atoms with Crippen molar-refractivity contribution in [2.45, 2.75) is 42.9 Å². The monoisotopic (exact) mass is 253 g/mol. The van der Waals surface area contributed by atoms with Crippen LogP contribution in [0.3, 0.4) is 0 Å². The Morgan fingerprint density at radius 2 is 1.94 bits per heavy atom. The predicted octanol–water partition coefficient (Wildman–Crippen LogP) is 2.84. The summed E-state index contributed by atoms with van der Waals surface area (Å²) in [6.07, 6.45) is 0.943. The molecule has 2 nitrogen and oxygen atoms in total. The first kappa shape index (κ1) is 14.6. The third kappa shape index (κ3) is 4.70. The van der Waals surface area contributed by atoms with Crippen LogP contribution in [0.25, 0.3) is 0 Å². The van der Waals surface area contributed by atoms with Gasteiger partial charge in [0.2, 0.25) is 0 Å². The summed E-state index contributed by atoms with van der Waals surface area (Å²) in [5.41, 5.74) is 1.11. The second-order valence-corrected chi connectivity index (χ2v) is 6.43. The average molecular weight is 253 g/mol. The first-order valence-electron chi connectivity index (χ1n) is 6.02. The lowest BCUT2D eigenvalue weighted by Crippen LogP contribution is -2.45. The summed E-state index contributed by atoms with van der Waals surface area (Å²) >= 11 is 1.86. The highest BCUT2D eigenvalue weighted by Crippen LogP contribution is 2.28. The maximum absolute atomic E-state index is 9.36. The van der Waals surface area contributed by atoms with Crippen molar-refractivity contribution in [3.8, 4) is 0 Å². The van der Waals surface area contributed by atoms with Gasteiger partial charge in [0.25, 0.3) is 0 Å². The Morgan fingerprint density at radius 3 is 2.41 bits per heavy atom. The van der Waals surface area contributed by atoms with Gasteiger partial charge in [-0.15, -0.1) is 11.8 Å². The van der Waals surface area contributed by atoms with Crippen molar-refractivity contribution in [3.63, 3.8) is 0 Å². The topological polar surface area (TPSA) is 32.3 Å². The largest absolute Gasteiger partial charge is 0.394 e. The van der Waals surface area contributed by atoms with Crippen LogP contribution in [0, 0.1) is 6.92 Å². The van der Waals surface area contributed by atoms with Crippen molar-refractivity contribution in [3.05, 3.63) is 29.8 Å². The molecule has 0 aliphatic heterocycles. The summed E-state index contributed by atoms with van der Waals surface area (Å²) in [6, 6.07) is 8.59. The van der Waals surface area contributed by atoms with E-state index in [2.05, 4.69) is 50.4 Å². The van der Waals surface area contributed by atoms with E-state index in [1.54, 1.807) is 0 Å². The third-order valence-corrected chi connectivity index (χ3v) is 4.16. The molecule has 0 amide bonds. The van der Waals surface area contributed by atoms with Crippen molar-refractivity contribution in [1.82, 2.24) is 5.32 Å². The fourth-order valence-electron chi connectivity index (χ4n) is 1.77. The first-order chi connectivity index (χ1) is 7.99. The van der Waals surface area contributed by atoms with Gasteiger partial charge in [0, 0.05) is 15.7 Å². The van der Waals surface area contributed by atoms with Gasteiger partial charge in [-0.3, -0.25) is 0 Å². The van der Waals surface area contributed by atoms with Crippen LogP contribution in [-0.2, 0) is 0 Å². The minimum atomic E-state index is -0.183. The maximum Gasteiger partial charge on any atom is 0.0610 e. The first-order valence-corrected chi connectivity index (χ1v) is 6.90. The lowest BCUT2D eigenvalue weighted by Gasteiger charge is -2.29. The average Bonchev–Trinajstić information content (AvgIpc) is 2.32. The number of hydrogen-bond donors (Lipinski definition) is 2. The Hall–Kier alpha value is -0.510. The van der Waals surface area contributed by atoms with Crippen molar-refractivity contribution >= 4 is 11.8 Å². The molecule has 2 atom stereocenters. The molecule has 2 unspecified atom stereocenters. The summed E-state index contributed by atoms with van der Waals surface area (Å²) in [5, 5.41) is 13.0. The Bertz CT molecular complexity index is 333. The number of rotatable bonds is 6. The summed E-state index contributed by atoms with van der Waals surface area (Å²) < 4.78 is 0. The van der Waals surface area contributed by atoms with Crippen molar-refractivity contribution in [2.75, 3.05) is 13.7 Å². The highest BCUT2D eigenvalue weighted by molar-refractivity contribution is 7.99. The molecule has 1 rings (SSSR count). The van der Waals surface area contributed by atoms with Crippen molar-refractivity contribution < 1.29 is 5.11 Å². The molecule has 0 spiro atoms. The fourth-order valence-corrected chi connectivity index (χ4v) is 2.98. The molecule has 1 aromatic rings. The van der Waals surface area contributed by atoms with Crippen LogP contribution in [0.15, 0.2) is 29.2 Å². The van der Waals surface area contributed by atoms with Gasteiger partial charge in [-0.2, -0.15) is 0 Å². The van der Waals surface area contributed by atoms with Gasteiger partial charge in [-0.1, -0.05) is 24.6 Å². The summed E-state index contributed by atoms with van der Waals surface area (Å²) in [7, 11) is 1.90. The molecule has 0 saturated heterocycles. The van der Waals surface area contributed by atoms with Crippen LogP contribution in [0.4, 0.5) is 0 Å². The molecule has 0 aliphatic carbocycles. The zero-order valence-electron chi connectivity index (χ0n) is 11.2. The van der Waals surface area contributed by atoms with Crippen molar-refractivity contribution in [1.29, 1.82) is 0 Å². The van der Waals surface area contributed by atoms with Crippen molar-refractivity contribution in [2.24, 2.45) is 0 Å². The van der Waals surface area contributed by atoms with Crippen LogP contribution in [0.2, 0.25) is 0 Å². The zero-order chi connectivity index (χ0) is 12.9. The Balaban J connectivity index is 2.54. The molecule has 0 saturated carbocycles. The molecule has 3 heteroatoms. The van der Waals surface area contributed by atoms with E-state index < -0.39 is 0 Å². The zero-order valence-corrected chi connectivity index (χ0v) is 12.0. The molecule has 0 radical (unpaired) electrons. The number of nitrogens with one attached hydrogen (secondary N) is 1. The Labute approximate surface area is 109 Å². The predicted molar refractivity (Wildman–Crippen MR) is 75.7 cm³/mol. The molecule has 0 aromatic heterocycles. The van der Waals surface area contributed by atoms with E-state index in [-0.39, 0.29) is 12.1 Å². The SMILES string of the molecule is CNC(C)(CO)CC(C)Sc1ccc(C)cc1. The third-order valence-electron chi connectivity index (χ3n) is 3.05. The van der Waals surface area contributed by atoms with Crippen LogP contribution >= 0.6 is 11.8 Å². The number of aliphatic hydroxyl groups excluding tert-OH is 1. The standard InChI is InChI=1S/C14H23NOS/c1-11-5-7-13(8-6-11)17-12(2)9-14(3,10-16)15-4/h5-8,12,15-16H,9-10H2,1-4H3. The van der Waals surface area contributed by atoms with Gasteiger partial charge in [0.15, 0.2) is 0 Å². The quantitative estimate of drug-likeness (QED) is 0.765. The number of thioether (sulfide) groups is 1. The van der Waals surface area contributed by atoms with Gasteiger partial charge in [0.05, 0.1) is 6.61 Å². The van der Waals surface area contributed by atoms with Gasteiger partial charge >= 0.3 is 0 Å². The van der Waals surface area contributed by atoms with E-state index >= 15 is 0 Å². The molecule has 96 valence electrons. The molecular weight excluding hydrogens is 230 g/mol. The number of aliphatic hydroxyl groups is 1. The highest BCUT2D eigenvalue weighted by Gasteiger charge is 2.23. The maximum atomic E-state index is 9.36. The minimum Gasteiger partial charge on any atom is -0.394 e. The minimum absolute atomic E-state index is 0.169. The van der Waals surface area contributed by atoms with Gasteiger partial charge < -0.3 is 10.4 Å². The number of aryl methyl sites for hydroxylation is 1. The number of benzene rings is 1. The molecular formula is C14H23NOS. The van der Waals surface area contributed by atoms with Gasteiger partial charge in [-0.25, -0.2) is 0 Å². The van der Waals surface area contributed by atoms with E-state index in [9.17, 15) is 5.11 Å². The second-order valence-electron chi connectivity index (χ2n) is 4.91. The number of hydrogen-bond acceptors (Lipinski definition) is 3. The van der Waals surface area contributed by atoms with Crippen LogP contribution in [0.5, 0.6) is 0 Å².